The molecule has 1 unspecified atom stereocenters. The number of ketones is 1. The van der Waals surface area contributed by atoms with Gasteiger partial charge < -0.3 is 15.8 Å². The fourth-order valence-electron chi connectivity index (χ4n) is 1.50. The fourth-order valence-corrected chi connectivity index (χ4v) is 2.79. The summed E-state index contributed by atoms with van der Waals surface area (Å²) in [4.78, 5) is 12.6. The number of rotatable bonds is 6. The number of thiophene rings is 1. The van der Waals surface area contributed by atoms with Crippen LogP contribution < -0.4 is 15.8 Å². The number of hydrogen-bond donors (Lipinski definition) is 2. The summed E-state index contributed by atoms with van der Waals surface area (Å²) in [6.07, 6.45) is 0.994. The van der Waals surface area contributed by atoms with E-state index in [1.54, 1.807) is 7.11 Å². The third kappa shape index (κ3) is 2.96. The molecule has 1 aromatic heterocycles. The van der Waals surface area contributed by atoms with Gasteiger partial charge >= 0.3 is 0 Å². The van der Waals surface area contributed by atoms with Gasteiger partial charge in [0.15, 0.2) is 11.5 Å². The van der Waals surface area contributed by atoms with E-state index in [1.807, 2.05) is 13.8 Å². The number of anilines is 2. The molecule has 0 saturated carbocycles. The van der Waals surface area contributed by atoms with Gasteiger partial charge in [0.1, 0.15) is 5.00 Å². The molecule has 1 atom stereocenters. The van der Waals surface area contributed by atoms with Gasteiger partial charge in [0.2, 0.25) is 0 Å². The van der Waals surface area contributed by atoms with Crippen LogP contribution in [0, 0.1) is 5.92 Å². The lowest BCUT2D eigenvalue weighted by molar-refractivity contribution is 0.0944. The molecule has 18 heavy (non-hydrogen) atoms. The molecule has 102 valence electrons. The van der Waals surface area contributed by atoms with E-state index in [1.165, 1.54) is 11.3 Å². The third-order valence-corrected chi connectivity index (χ3v) is 3.97. The number of Topliss-reactive ketones (excluding diaryl/α,β-unsaturated/α-hetero) is 1. The summed E-state index contributed by atoms with van der Waals surface area (Å²) in [6.45, 7) is 7.92. The molecule has 4 nitrogen and oxygen atoms in total. The van der Waals surface area contributed by atoms with E-state index in [4.69, 9.17) is 10.5 Å². The molecule has 0 bridgehead atoms. The molecule has 1 aromatic rings. The molecule has 0 aromatic carbocycles. The van der Waals surface area contributed by atoms with E-state index < -0.39 is 0 Å². The molecule has 0 aliphatic heterocycles. The summed E-state index contributed by atoms with van der Waals surface area (Å²) in [7, 11) is 1.57. The lowest BCUT2D eigenvalue weighted by atomic mass is 10.1. The van der Waals surface area contributed by atoms with Crippen molar-refractivity contribution in [2.24, 2.45) is 5.92 Å². The van der Waals surface area contributed by atoms with Crippen LogP contribution in [0.15, 0.2) is 0 Å². The molecule has 0 saturated heterocycles. The molecule has 0 aliphatic carbocycles. The number of carbonyl (C=O) groups is 1. The van der Waals surface area contributed by atoms with Crippen LogP contribution in [0.1, 0.15) is 43.8 Å². The van der Waals surface area contributed by atoms with Gasteiger partial charge in [0.25, 0.3) is 0 Å². The van der Waals surface area contributed by atoms with Crippen LogP contribution in [-0.4, -0.2) is 18.9 Å². The van der Waals surface area contributed by atoms with Gasteiger partial charge in [-0.2, -0.15) is 0 Å². The smallest absolute Gasteiger partial charge is 0.177 e. The number of nitrogens with two attached hydrogens (primary N) is 1. The molecular weight excluding hydrogens is 248 g/mol. The molecule has 0 amide bonds. The number of nitrogen functional groups attached to an aromatic ring is 1. The topological polar surface area (TPSA) is 64.4 Å². The Morgan fingerprint density at radius 3 is 2.50 bits per heavy atom. The Morgan fingerprint density at radius 2 is 2.06 bits per heavy atom. The Morgan fingerprint density at radius 1 is 1.44 bits per heavy atom. The standard InChI is InChI=1S/C13H22N2O2S/c1-6-8(4)15-13-11(17-5)9(14)12(18-13)10(16)7(2)3/h7-8,15H,6,14H2,1-5H3. The van der Waals surface area contributed by atoms with Crippen molar-refractivity contribution in [2.45, 2.75) is 40.2 Å². The van der Waals surface area contributed by atoms with Crippen LogP contribution in [0.3, 0.4) is 0 Å². The summed E-state index contributed by atoms with van der Waals surface area (Å²) in [6, 6.07) is 0.318. The van der Waals surface area contributed by atoms with Gasteiger partial charge in [-0.1, -0.05) is 20.8 Å². The molecule has 0 spiro atoms. The Bertz CT molecular complexity index is 427. The minimum Gasteiger partial charge on any atom is -0.492 e. The number of ether oxygens (including phenoxy) is 1. The zero-order valence-corrected chi connectivity index (χ0v) is 12.5. The maximum Gasteiger partial charge on any atom is 0.177 e. The van der Waals surface area contributed by atoms with E-state index in [0.29, 0.717) is 22.4 Å². The highest BCUT2D eigenvalue weighted by Crippen LogP contribution is 2.43. The molecular formula is C13H22N2O2S. The third-order valence-electron chi connectivity index (χ3n) is 2.84. The van der Waals surface area contributed by atoms with Crippen molar-refractivity contribution in [1.82, 2.24) is 0 Å². The highest BCUT2D eigenvalue weighted by atomic mass is 32.1. The summed E-state index contributed by atoms with van der Waals surface area (Å²) >= 11 is 1.38. The summed E-state index contributed by atoms with van der Waals surface area (Å²) in [5.74, 6) is 0.587. The average molecular weight is 270 g/mol. The quantitative estimate of drug-likeness (QED) is 0.778. The van der Waals surface area contributed by atoms with Crippen molar-refractivity contribution in [2.75, 3.05) is 18.2 Å². The second kappa shape index (κ2) is 6.09. The summed E-state index contributed by atoms with van der Waals surface area (Å²) < 4.78 is 5.30. The van der Waals surface area contributed by atoms with E-state index in [0.717, 1.165) is 11.4 Å². The predicted molar refractivity (Wildman–Crippen MR) is 77.8 cm³/mol. The van der Waals surface area contributed by atoms with Crippen LogP contribution in [-0.2, 0) is 0 Å². The SMILES string of the molecule is CCC(C)Nc1sc(C(=O)C(C)C)c(N)c1OC. The second-order valence-corrected chi connectivity index (χ2v) is 5.70. The first kappa shape index (κ1) is 14.8. The molecule has 0 fully saturated rings. The van der Waals surface area contributed by atoms with E-state index >= 15 is 0 Å². The van der Waals surface area contributed by atoms with Crippen molar-refractivity contribution in [3.05, 3.63) is 4.88 Å². The maximum atomic E-state index is 12.0. The first-order chi connectivity index (χ1) is 8.42. The monoisotopic (exact) mass is 270 g/mol. The molecule has 3 N–H and O–H groups in total. The largest absolute Gasteiger partial charge is 0.492 e. The van der Waals surface area contributed by atoms with Crippen molar-refractivity contribution in [3.63, 3.8) is 0 Å². The molecule has 0 radical (unpaired) electrons. The average Bonchev–Trinajstić information content (AvgIpc) is 2.64. The van der Waals surface area contributed by atoms with Gasteiger partial charge in [0, 0.05) is 12.0 Å². The van der Waals surface area contributed by atoms with Gasteiger partial charge in [-0.05, 0) is 13.3 Å². The Balaban J connectivity index is 3.13. The van der Waals surface area contributed by atoms with Crippen LogP contribution in [0.4, 0.5) is 10.7 Å². The lowest BCUT2D eigenvalue weighted by Gasteiger charge is -2.12. The summed E-state index contributed by atoms with van der Waals surface area (Å²) in [5, 5.41) is 4.17. The normalized spacial score (nSPS) is 12.6. The van der Waals surface area contributed by atoms with E-state index in [-0.39, 0.29) is 11.7 Å². The minimum absolute atomic E-state index is 0.0629. The van der Waals surface area contributed by atoms with Crippen LogP contribution in [0.5, 0.6) is 5.75 Å². The van der Waals surface area contributed by atoms with Crippen molar-refractivity contribution < 1.29 is 9.53 Å². The maximum absolute atomic E-state index is 12.0. The lowest BCUT2D eigenvalue weighted by Crippen LogP contribution is -2.12. The van der Waals surface area contributed by atoms with Crippen LogP contribution in [0.2, 0.25) is 0 Å². The van der Waals surface area contributed by atoms with Crippen LogP contribution in [0.25, 0.3) is 0 Å². The van der Waals surface area contributed by atoms with Gasteiger partial charge in [-0.25, -0.2) is 0 Å². The molecule has 5 heteroatoms. The molecule has 1 heterocycles. The highest BCUT2D eigenvalue weighted by Gasteiger charge is 2.23. The Hall–Kier alpha value is -1.23. The number of hydrogen-bond acceptors (Lipinski definition) is 5. The van der Waals surface area contributed by atoms with Gasteiger partial charge in [0.05, 0.1) is 17.7 Å². The van der Waals surface area contributed by atoms with Gasteiger partial charge in [-0.15, -0.1) is 11.3 Å². The fraction of sp³-hybridized carbons (Fsp3) is 0.615. The highest BCUT2D eigenvalue weighted by molar-refractivity contribution is 7.19. The number of methoxy groups -OCH3 is 1. The zero-order valence-electron chi connectivity index (χ0n) is 11.7. The molecule has 1 rings (SSSR count). The van der Waals surface area contributed by atoms with Crippen molar-refractivity contribution >= 4 is 27.8 Å². The predicted octanol–water partition coefficient (Wildman–Crippen LogP) is 3.39. The first-order valence-corrected chi connectivity index (χ1v) is 7.00. The van der Waals surface area contributed by atoms with Crippen molar-refractivity contribution in [1.29, 1.82) is 0 Å². The zero-order chi connectivity index (χ0) is 13.9. The second-order valence-electron chi connectivity index (χ2n) is 4.68. The van der Waals surface area contributed by atoms with E-state index in [9.17, 15) is 4.79 Å². The minimum atomic E-state index is -0.0629. The van der Waals surface area contributed by atoms with E-state index in [2.05, 4.69) is 19.2 Å². The van der Waals surface area contributed by atoms with Crippen molar-refractivity contribution in [3.8, 4) is 5.75 Å². The van der Waals surface area contributed by atoms with Crippen LogP contribution >= 0.6 is 11.3 Å². The molecule has 0 aliphatic rings. The first-order valence-electron chi connectivity index (χ1n) is 6.19. The summed E-state index contributed by atoms with van der Waals surface area (Å²) in [5.41, 5.74) is 6.45. The Labute approximate surface area is 113 Å². The van der Waals surface area contributed by atoms with Gasteiger partial charge in [-0.3, -0.25) is 4.79 Å². The number of carbonyl (C=O) groups excluding carboxylic acids is 1. The number of nitrogens with one attached hydrogen (secondary N) is 1. The Kier molecular flexibility index (Phi) is 5.02.